The summed E-state index contributed by atoms with van der Waals surface area (Å²) >= 11 is 1.44. The van der Waals surface area contributed by atoms with Crippen molar-refractivity contribution in [1.82, 2.24) is 20.0 Å². The van der Waals surface area contributed by atoms with Gasteiger partial charge in [0, 0.05) is 17.2 Å². The number of ether oxygens (including phenoxy) is 1. The fraction of sp³-hybridized carbons (Fsp3) is 0.105. The van der Waals surface area contributed by atoms with Crippen LogP contribution in [-0.4, -0.2) is 27.1 Å². The molecule has 7 nitrogen and oxygen atoms in total. The Kier molecular flexibility index (Phi) is 4.80. The number of thioether (sulfide) groups is 1. The van der Waals surface area contributed by atoms with E-state index in [1.54, 1.807) is 7.11 Å². The van der Waals surface area contributed by atoms with Gasteiger partial charge in [-0.1, -0.05) is 47.3 Å². The van der Waals surface area contributed by atoms with E-state index in [-0.39, 0.29) is 0 Å². The first-order chi connectivity index (χ1) is 13.2. The van der Waals surface area contributed by atoms with Crippen molar-refractivity contribution in [1.29, 1.82) is 0 Å². The number of nitrogen functional groups attached to an aromatic ring is 1. The first-order valence-electron chi connectivity index (χ1n) is 8.23. The first kappa shape index (κ1) is 17.2. The molecule has 0 amide bonds. The minimum Gasteiger partial charge on any atom is -0.497 e. The zero-order valence-corrected chi connectivity index (χ0v) is 15.4. The molecule has 0 saturated heterocycles. The Bertz CT molecular complexity index is 1030. The second kappa shape index (κ2) is 7.55. The van der Waals surface area contributed by atoms with Crippen LogP contribution in [0.3, 0.4) is 0 Å². The topological polar surface area (TPSA) is 92.0 Å². The van der Waals surface area contributed by atoms with Crippen molar-refractivity contribution in [3.05, 3.63) is 66.4 Å². The fourth-order valence-electron chi connectivity index (χ4n) is 2.57. The fourth-order valence-corrected chi connectivity index (χ4v) is 3.31. The highest BCUT2D eigenvalue weighted by molar-refractivity contribution is 7.98. The Balaban J connectivity index is 1.46. The molecule has 2 heterocycles. The molecule has 2 aromatic heterocycles. The summed E-state index contributed by atoms with van der Waals surface area (Å²) in [6.45, 7) is 0. The SMILES string of the molecule is COc1ccc(-c2nnc(SCc3cc(-c4ccccc4)no3)n2N)cc1. The molecule has 136 valence electrons. The molecule has 0 aliphatic heterocycles. The quantitative estimate of drug-likeness (QED) is 0.404. The molecule has 2 aromatic carbocycles. The van der Waals surface area contributed by atoms with Gasteiger partial charge in [-0.2, -0.15) is 0 Å². The van der Waals surface area contributed by atoms with Crippen molar-refractivity contribution in [2.75, 3.05) is 13.0 Å². The molecule has 4 rings (SSSR count). The standard InChI is InChI=1S/C19H17N5O2S/c1-25-15-9-7-14(8-10-15)18-21-22-19(24(18)20)27-12-16-11-17(23-26-16)13-5-3-2-4-6-13/h2-11H,12,20H2,1H3. The number of hydrogen-bond donors (Lipinski definition) is 1. The van der Waals surface area contributed by atoms with Crippen molar-refractivity contribution in [3.63, 3.8) is 0 Å². The number of nitrogens with zero attached hydrogens (tertiary/aromatic N) is 4. The molecule has 0 aliphatic carbocycles. The van der Waals surface area contributed by atoms with Crippen LogP contribution in [-0.2, 0) is 5.75 Å². The molecule has 0 spiro atoms. The Morgan fingerprint density at radius 1 is 1.04 bits per heavy atom. The molecular formula is C19H17N5O2S. The first-order valence-corrected chi connectivity index (χ1v) is 9.22. The highest BCUT2D eigenvalue weighted by Crippen LogP contribution is 2.27. The van der Waals surface area contributed by atoms with Gasteiger partial charge in [0.1, 0.15) is 17.2 Å². The van der Waals surface area contributed by atoms with Crippen LogP contribution in [0, 0.1) is 0 Å². The lowest BCUT2D eigenvalue weighted by Gasteiger charge is -2.04. The smallest absolute Gasteiger partial charge is 0.210 e. The van der Waals surface area contributed by atoms with Crippen molar-refractivity contribution in [3.8, 4) is 28.4 Å². The van der Waals surface area contributed by atoms with Gasteiger partial charge < -0.3 is 15.1 Å². The Hall–Kier alpha value is -3.26. The van der Waals surface area contributed by atoms with Gasteiger partial charge in [-0.3, -0.25) is 0 Å². The molecule has 0 fully saturated rings. The van der Waals surface area contributed by atoms with E-state index in [0.717, 1.165) is 28.3 Å². The van der Waals surface area contributed by atoms with Gasteiger partial charge in [0.25, 0.3) is 0 Å². The second-order valence-corrected chi connectivity index (χ2v) is 6.68. The number of rotatable bonds is 6. The van der Waals surface area contributed by atoms with Crippen molar-refractivity contribution in [2.24, 2.45) is 0 Å². The molecule has 27 heavy (non-hydrogen) atoms. The van der Waals surface area contributed by atoms with Crippen molar-refractivity contribution in [2.45, 2.75) is 10.9 Å². The third-order valence-electron chi connectivity index (χ3n) is 3.98. The van der Waals surface area contributed by atoms with Crippen LogP contribution in [0.2, 0.25) is 0 Å². The van der Waals surface area contributed by atoms with Crippen LogP contribution in [0.15, 0.2) is 70.3 Å². The van der Waals surface area contributed by atoms with Crippen LogP contribution in [0.5, 0.6) is 5.75 Å². The highest BCUT2D eigenvalue weighted by atomic mass is 32.2. The predicted octanol–water partition coefficient (Wildman–Crippen LogP) is 3.61. The maximum Gasteiger partial charge on any atom is 0.210 e. The summed E-state index contributed by atoms with van der Waals surface area (Å²) in [5.41, 5.74) is 2.68. The van der Waals surface area contributed by atoms with E-state index in [0.29, 0.717) is 16.7 Å². The minimum absolute atomic E-state index is 0.553. The molecule has 4 aromatic rings. The number of aromatic nitrogens is 4. The lowest BCUT2D eigenvalue weighted by atomic mass is 10.1. The van der Waals surface area contributed by atoms with Gasteiger partial charge >= 0.3 is 0 Å². The molecular weight excluding hydrogens is 362 g/mol. The third kappa shape index (κ3) is 3.65. The molecule has 0 radical (unpaired) electrons. The van der Waals surface area contributed by atoms with Gasteiger partial charge in [-0.15, -0.1) is 10.2 Å². The Labute approximate surface area is 160 Å². The second-order valence-electron chi connectivity index (χ2n) is 5.74. The predicted molar refractivity (Wildman–Crippen MR) is 104 cm³/mol. The summed E-state index contributed by atoms with van der Waals surface area (Å²) in [5, 5.41) is 13.1. The van der Waals surface area contributed by atoms with Gasteiger partial charge in [-0.25, -0.2) is 4.68 Å². The van der Waals surface area contributed by atoms with Crippen LogP contribution in [0.25, 0.3) is 22.6 Å². The summed E-state index contributed by atoms with van der Waals surface area (Å²) < 4.78 is 12.1. The average Bonchev–Trinajstić information content (AvgIpc) is 3.34. The van der Waals surface area contributed by atoms with Gasteiger partial charge in [-0.05, 0) is 24.3 Å². The average molecular weight is 379 g/mol. The van der Waals surface area contributed by atoms with E-state index in [1.807, 2.05) is 60.7 Å². The van der Waals surface area contributed by atoms with Crippen LogP contribution in [0.4, 0.5) is 0 Å². The highest BCUT2D eigenvalue weighted by Gasteiger charge is 2.14. The molecule has 8 heteroatoms. The summed E-state index contributed by atoms with van der Waals surface area (Å²) in [6.07, 6.45) is 0. The maximum atomic E-state index is 6.16. The van der Waals surface area contributed by atoms with E-state index in [2.05, 4.69) is 15.4 Å². The summed E-state index contributed by atoms with van der Waals surface area (Å²) in [6, 6.07) is 19.3. The van der Waals surface area contributed by atoms with E-state index in [9.17, 15) is 0 Å². The molecule has 0 aliphatic rings. The number of hydrogen-bond acceptors (Lipinski definition) is 7. The normalized spacial score (nSPS) is 10.9. The van der Waals surface area contributed by atoms with Gasteiger partial charge in [0.05, 0.1) is 12.9 Å². The Morgan fingerprint density at radius 3 is 2.56 bits per heavy atom. The van der Waals surface area contributed by atoms with E-state index in [1.165, 1.54) is 16.4 Å². The zero-order chi connectivity index (χ0) is 18.6. The van der Waals surface area contributed by atoms with E-state index in [4.69, 9.17) is 15.1 Å². The van der Waals surface area contributed by atoms with Crippen molar-refractivity contribution < 1.29 is 9.26 Å². The number of methoxy groups -OCH3 is 1. The lowest BCUT2D eigenvalue weighted by Crippen LogP contribution is -2.11. The summed E-state index contributed by atoms with van der Waals surface area (Å²) in [5.74, 6) is 8.82. The summed E-state index contributed by atoms with van der Waals surface area (Å²) in [7, 11) is 1.63. The number of benzene rings is 2. The molecule has 0 unspecified atom stereocenters. The molecule has 0 atom stereocenters. The van der Waals surface area contributed by atoms with Crippen LogP contribution >= 0.6 is 11.8 Å². The largest absolute Gasteiger partial charge is 0.497 e. The van der Waals surface area contributed by atoms with Crippen LogP contribution in [0.1, 0.15) is 5.76 Å². The summed E-state index contributed by atoms with van der Waals surface area (Å²) in [4.78, 5) is 0. The zero-order valence-electron chi connectivity index (χ0n) is 14.6. The minimum atomic E-state index is 0.553. The van der Waals surface area contributed by atoms with Crippen LogP contribution < -0.4 is 10.6 Å². The maximum absolute atomic E-state index is 6.16. The number of nitrogens with two attached hydrogens (primary N) is 1. The monoisotopic (exact) mass is 379 g/mol. The van der Waals surface area contributed by atoms with E-state index >= 15 is 0 Å². The Morgan fingerprint density at radius 2 is 1.81 bits per heavy atom. The molecule has 0 bridgehead atoms. The lowest BCUT2D eigenvalue weighted by molar-refractivity contribution is 0.397. The molecule has 0 saturated carbocycles. The van der Waals surface area contributed by atoms with Gasteiger partial charge in [0.15, 0.2) is 5.82 Å². The van der Waals surface area contributed by atoms with Gasteiger partial charge in [0.2, 0.25) is 5.16 Å². The molecule has 2 N–H and O–H groups in total. The third-order valence-corrected chi connectivity index (χ3v) is 4.95. The van der Waals surface area contributed by atoms with Crippen molar-refractivity contribution >= 4 is 11.8 Å². The van der Waals surface area contributed by atoms with E-state index < -0.39 is 0 Å².